The number of hydrogen-bond acceptors (Lipinski definition) is 2. The van der Waals surface area contributed by atoms with Gasteiger partial charge in [-0.25, -0.2) is 0 Å². The summed E-state index contributed by atoms with van der Waals surface area (Å²) < 4.78 is 5.06. The van der Waals surface area contributed by atoms with E-state index in [2.05, 4.69) is 31.2 Å². The van der Waals surface area contributed by atoms with E-state index in [1.165, 1.54) is 11.1 Å². The maximum atomic E-state index is 11.6. The summed E-state index contributed by atoms with van der Waals surface area (Å²) in [5.41, 5.74) is 2.90. The molecule has 92 valence electrons. The van der Waals surface area contributed by atoms with E-state index in [9.17, 15) is 4.79 Å². The Hall–Kier alpha value is -1.31. The van der Waals surface area contributed by atoms with Crippen molar-refractivity contribution in [2.75, 3.05) is 6.61 Å². The molecule has 0 saturated heterocycles. The van der Waals surface area contributed by atoms with Crippen LogP contribution in [-0.4, -0.2) is 12.6 Å². The number of benzene rings is 1. The van der Waals surface area contributed by atoms with Crippen LogP contribution in [0.5, 0.6) is 0 Å². The van der Waals surface area contributed by atoms with E-state index < -0.39 is 0 Å². The lowest BCUT2D eigenvalue weighted by atomic mass is 9.71. The van der Waals surface area contributed by atoms with Gasteiger partial charge in [-0.1, -0.05) is 31.2 Å². The topological polar surface area (TPSA) is 26.3 Å². The van der Waals surface area contributed by atoms with Gasteiger partial charge in [-0.3, -0.25) is 4.79 Å². The van der Waals surface area contributed by atoms with Gasteiger partial charge in [0, 0.05) is 0 Å². The summed E-state index contributed by atoms with van der Waals surface area (Å²) in [6.07, 6.45) is 3.67. The van der Waals surface area contributed by atoms with Gasteiger partial charge in [-0.2, -0.15) is 0 Å². The lowest BCUT2D eigenvalue weighted by Crippen LogP contribution is -2.29. The summed E-state index contributed by atoms with van der Waals surface area (Å²) in [4.78, 5) is 11.6. The summed E-state index contributed by atoms with van der Waals surface area (Å²) in [5, 5.41) is 0. The molecule has 1 aliphatic carbocycles. The normalized spacial score (nSPS) is 22.9. The largest absolute Gasteiger partial charge is 0.466 e. The Labute approximate surface area is 103 Å². The molecular weight excluding hydrogens is 212 g/mol. The summed E-state index contributed by atoms with van der Waals surface area (Å²) >= 11 is 0. The predicted octanol–water partition coefficient (Wildman–Crippen LogP) is 3.13. The van der Waals surface area contributed by atoms with Crippen LogP contribution < -0.4 is 0 Å². The number of rotatable bonds is 3. The van der Waals surface area contributed by atoms with E-state index in [-0.39, 0.29) is 11.4 Å². The van der Waals surface area contributed by atoms with Crippen molar-refractivity contribution in [1.29, 1.82) is 0 Å². The van der Waals surface area contributed by atoms with Crippen molar-refractivity contribution in [3.05, 3.63) is 35.4 Å². The minimum atomic E-state index is -0.0608. The summed E-state index contributed by atoms with van der Waals surface area (Å²) in [6, 6.07) is 8.54. The van der Waals surface area contributed by atoms with Crippen LogP contribution in [0.15, 0.2) is 24.3 Å². The van der Waals surface area contributed by atoms with Crippen LogP contribution in [0.25, 0.3) is 0 Å². The second-order valence-electron chi connectivity index (χ2n) is 5.24. The molecule has 1 aromatic carbocycles. The quantitative estimate of drug-likeness (QED) is 0.748. The van der Waals surface area contributed by atoms with Crippen LogP contribution in [0.2, 0.25) is 0 Å². The first kappa shape index (κ1) is 12.2. The average Bonchev–Trinajstić information content (AvgIpc) is 2.28. The van der Waals surface area contributed by atoms with Crippen molar-refractivity contribution in [3.8, 4) is 0 Å². The van der Waals surface area contributed by atoms with Crippen LogP contribution in [0.4, 0.5) is 0 Å². The van der Waals surface area contributed by atoms with E-state index in [4.69, 9.17) is 4.74 Å². The third kappa shape index (κ3) is 2.87. The second-order valence-corrected chi connectivity index (χ2v) is 5.24. The Morgan fingerprint density at radius 3 is 2.76 bits per heavy atom. The lowest BCUT2D eigenvalue weighted by molar-refractivity contribution is -0.145. The summed E-state index contributed by atoms with van der Waals surface area (Å²) in [5.74, 6) is -0.0608. The first-order valence-electron chi connectivity index (χ1n) is 6.35. The molecule has 0 saturated carbocycles. The molecular formula is C15H20O2. The Bertz CT molecular complexity index is 411. The molecule has 0 aliphatic heterocycles. The van der Waals surface area contributed by atoms with Gasteiger partial charge in [0.2, 0.25) is 0 Å². The number of carbonyl (C=O) groups excluding carboxylic acids is 1. The molecule has 0 radical (unpaired) electrons. The highest BCUT2D eigenvalue weighted by Gasteiger charge is 2.32. The minimum Gasteiger partial charge on any atom is -0.466 e. The fourth-order valence-electron chi connectivity index (χ4n) is 2.67. The molecule has 0 fully saturated rings. The molecule has 0 bridgehead atoms. The predicted molar refractivity (Wildman–Crippen MR) is 67.8 cm³/mol. The molecule has 0 heterocycles. The van der Waals surface area contributed by atoms with E-state index in [1.807, 2.05) is 6.92 Å². The summed E-state index contributed by atoms with van der Waals surface area (Å²) in [6.45, 7) is 4.53. The van der Waals surface area contributed by atoms with E-state index >= 15 is 0 Å². The Morgan fingerprint density at radius 2 is 2.06 bits per heavy atom. The van der Waals surface area contributed by atoms with Crippen molar-refractivity contribution in [2.45, 2.75) is 39.5 Å². The molecule has 0 aromatic heterocycles. The van der Waals surface area contributed by atoms with Gasteiger partial charge in [-0.05, 0) is 42.7 Å². The number of carbonyl (C=O) groups is 1. The number of esters is 1. The highest BCUT2D eigenvalue weighted by Crippen LogP contribution is 2.38. The summed E-state index contributed by atoms with van der Waals surface area (Å²) in [7, 11) is 0. The van der Waals surface area contributed by atoms with Crippen molar-refractivity contribution in [2.24, 2.45) is 5.41 Å². The maximum absolute atomic E-state index is 11.6. The molecule has 17 heavy (non-hydrogen) atoms. The molecule has 1 unspecified atom stereocenters. The van der Waals surface area contributed by atoms with E-state index in [0.29, 0.717) is 13.0 Å². The number of hydrogen-bond donors (Lipinski definition) is 0. The highest BCUT2D eigenvalue weighted by atomic mass is 16.5. The second kappa shape index (κ2) is 4.91. The Balaban J connectivity index is 2.07. The molecule has 0 N–H and O–H groups in total. The lowest BCUT2D eigenvalue weighted by Gasteiger charge is -2.34. The van der Waals surface area contributed by atoms with Gasteiger partial charge >= 0.3 is 5.97 Å². The Kier molecular flexibility index (Phi) is 3.51. The SMILES string of the molecule is CCOC(=O)CC1(C)CCc2ccccc2C1. The van der Waals surface area contributed by atoms with E-state index in [1.54, 1.807) is 0 Å². The number of aryl methyl sites for hydroxylation is 1. The molecule has 1 aliphatic rings. The van der Waals surface area contributed by atoms with Crippen LogP contribution in [0, 0.1) is 5.41 Å². The van der Waals surface area contributed by atoms with Crippen molar-refractivity contribution in [1.82, 2.24) is 0 Å². The van der Waals surface area contributed by atoms with Crippen LogP contribution >= 0.6 is 0 Å². The third-order valence-electron chi connectivity index (χ3n) is 3.61. The zero-order valence-corrected chi connectivity index (χ0v) is 10.7. The Morgan fingerprint density at radius 1 is 1.35 bits per heavy atom. The van der Waals surface area contributed by atoms with Crippen molar-refractivity contribution in [3.63, 3.8) is 0 Å². The van der Waals surface area contributed by atoms with Gasteiger partial charge in [0.15, 0.2) is 0 Å². The first-order valence-corrected chi connectivity index (χ1v) is 6.35. The standard InChI is InChI=1S/C15H20O2/c1-3-17-14(16)11-15(2)9-8-12-6-4-5-7-13(12)10-15/h4-7H,3,8-11H2,1-2H3. The zero-order valence-electron chi connectivity index (χ0n) is 10.7. The number of fused-ring (bicyclic) bond motifs is 1. The van der Waals surface area contributed by atoms with E-state index in [0.717, 1.165) is 19.3 Å². The van der Waals surface area contributed by atoms with Gasteiger partial charge in [-0.15, -0.1) is 0 Å². The van der Waals surface area contributed by atoms with Crippen molar-refractivity contribution >= 4 is 5.97 Å². The minimum absolute atomic E-state index is 0.0608. The fraction of sp³-hybridized carbons (Fsp3) is 0.533. The van der Waals surface area contributed by atoms with Gasteiger partial charge in [0.25, 0.3) is 0 Å². The van der Waals surface area contributed by atoms with Crippen LogP contribution in [-0.2, 0) is 22.4 Å². The van der Waals surface area contributed by atoms with Crippen LogP contribution in [0.1, 0.15) is 37.8 Å². The smallest absolute Gasteiger partial charge is 0.306 e. The highest BCUT2D eigenvalue weighted by molar-refractivity contribution is 5.70. The van der Waals surface area contributed by atoms with Gasteiger partial charge in [0.1, 0.15) is 0 Å². The monoisotopic (exact) mass is 232 g/mol. The van der Waals surface area contributed by atoms with Gasteiger partial charge in [0.05, 0.1) is 13.0 Å². The molecule has 1 atom stereocenters. The third-order valence-corrected chi connectivity index (χ3v) is 3.61. The molecule has 0 amide bonds. The molecule has 2 nitrogen and oxygen atoms in total. The first-order chi connectivity index (χ1) is 8.13. The molecule has 0 spiro atoms. The van der Waals surface area contributed by atoms with Crippen molar-refractivity contribution < 1.29 is 9.53 Å². The molecule has 2 heteroatoms. The fourth-order valence-corrected chi connectivity index (χ4v) is 2.67. The zero-order chi connectivity index (χ0) is 12.3. The molecule has 2 rings (SSSR count). The average molecular weight is 232 g/mol. The van der Waals surface area contributed by atoms with Crippen LogP contribution in [0.3, 0.4) is 0 Å². The maximum Gasteiger partial charge on any atom is 0.306 e. The number of ether oxygens (including phenoxy) is 1. The van der Waals surface area contributed by atoms with Gasteiger partial charge < -0.3 is 4.74 Å². The molecule has 1 aromatic rings.